The molecule has 0 aliphatic heterocycles. The zero-order chi connectivity index (χ0) is 18.8. The van der Waals surface area contributed by atoms with Gasteiger partial charge in [0.05, 0.1) is 0 Å². The molecule has 1 atom stereocenters. The van der Waals surface area contributed by atoms with E-state index in [1.807, 2.05) is 60.8 Å². The van der Waals surface area contributed by atoms with Crippen molar-refractivity contribution in [2.45, 2.75) is 12.5 Å². The van der Waals surface area contributed by atoms with Crippen LogP contribution in [-0.4, -0.2) is 33.4 Å². The van der Waals surface area contributed by atoms with Crippen molar-refractivity contribution in [1.82, 2.24) is 4.98 Å². The SMILES string of the molecule is O=C(O)[C@H](Cc1c[nH]c2ccccc12)N=Cc1c(O)ccc2ccccc12. The highest BCUT2D eigenvalue weighted by Gasteiger charge is 2.18. The Morgan fingerprint density at radius 3 is 2.59 bits per heavy atom. The van der Waals surface area contributed by atoms with Crippen LogP contribution in [0.15, 0.2) is 71.9 Å². The van der Waals surface area contributed by atoms with Crippen molar-refractivity contribution >= 4 is 33.9 Å². The topological polar surface area (TPSA) is 85.7 Å². The number of aliphatic carboxylic acids is 1. The van der Waals surface area contributed by atoms with Crippen LogP contribution in [0.2, 0.25) is 0 Å². The molecule has 0 saturated heterocycles. The number of fused-ring (bicyclic) bond motifs is 2. The standard InChI is InChI=1S/C22H18N2O3/c25-21-10-9-14-5-1-2-6-16(14)18(21)13-24-20(22(26)27)11-15-12-23-19-8-4-3-7-17(15)19/h1-10,12-13,20,23,25H,11H2,(H,26,27)/t20-/m0/s1. The fourth-order valence-corrected chi connectivity index (χ4v) is 3.30. The molecule has 3 aromatic carbocycles. The Balaban J connectivity index is 1.68. The van der Waals surface area contributed by atoms with E-state index in [2.05, 4.69) is 9.98 Å². The van der Waals surface area contributed by atoms with Crippen LogP contribution in [0, 0.1) is 0 Å². The predicted octanol–water partition coefficient (Wildman–Crippen LogP) is 4.14. The first-order valence-electron chi connectivity index (χ1n) is 8.65. The molecule has 1 heterocycles. The van der Waals surface area contributed by atoms with Gasteiger partial charge in [0.2, 0.25) is 0 Å². The molecule has 0 radical (unpaired) electrons. The predicted molar refractivity (Wildman–Crippen MR) is 107 cm³/mol. The molecule has 5 heteroatoms. The summed E-state index contributed by atoms with van der Waals surface area (Å²) < 4.78 is 0. The molecule has 27 heavy (non-hydrogen) atoms. The highest BCUT2D eigenvalue weighted by atomic mass is 16.4. The van der Waals surface area contributed by atoms with Crippen molar-refractivity contribution in [2.75, 3.05) is 0 Å². The number of aromatic amines is 1. The Bertz CT molecular complexity index is 1160. The molecule has 0 saturated carbocycles. The van der Waals surface area contributed by atoms with Gasteiger partial charge in [-0.2, -0.15) is 0 Å². The van der Waals surface area contributed by atoms with Crippen LogP contribution in [0.3, 0.4) is 0 Å². The third-order valence-electron chi connectivity index (χ3n) is 4.70. The van der Waals surface area contributed by atoms with Crippen LogP contribution in [-0.2, 0) is 11.2 Å². The summed E-state index contributed by atoms with van der Waals surface area (Å²) in [4.78, 5) is 19.2. The second-order valence-corrected chi connectivity index (χ2v) is 6.42. The third-order valence-corrected chi connectivity index (χ3v) is 4.70. The molecular weight excluding hydrogens is 340 g/mol. The van der Waals surface area contributed by atoms with Crippen LogP contribution in [0.4, 0.5) is 0 Å². The van der Waals surface area contributed by atoms with Crippen LogP contribution in [0.25, 0.3) is 21.7 Å². The highest BCUT2D eigenvalue weighted by Crippen LogP contribution is 2.26. The monoisotopic (exact) mass is 358 g/mol. The Morgan fingerprint density at radius 1 is 1.04 bits per heavy atom. The molecule has 1 aromatic heterocycles. The lowest BCUT2D eigenvalue weighted by Crippen LogP contribution is -2.20. The van der Waals surface area contributed by atoms with Gasteiger partial charge in [0.1, 0.15) is 5.75 Å². The van der Waals surface area contributed by atoms with Gasteiger partial charge in [-0.05, 0) is 28.5 Å². The van der Waals surface area contributed by atoms with E-state index in [0.717, 1.165) is 27.2 Å². The molecular formula is C22H18N2O3. The Kier molecular flexibility index (Phi) is 4.34. The lowest BCUT2D eigenvalue weighted by molar-refractivity contribution is -0.138. The van der Waals surface area contributed by atoms with Crippen LogP contribution in [0.5, 0.6) is 5.75 Å². The summed E-state index contributed by atoms with van der Waals surface area (Å²) in [5.74, 6) is -0.926. The number of nitrogens with one attached hydrogen (secondary N) is 1. The van der Waals surface area contributed by atoms with E-state index in [0.29, 0.717) is 5.56 Å². The molecule has 0 amide bonds. The number of para-hydroxylation sites is 1. The van der Waals surface area contributed by atoms with Crippen molar-refractivity contribution in [3.63, 3.8) is 0 Å². The molecule has 134 valence electrons. The number of carboxylic acid groups (broad SMARTS) is 1. The van der Waals surface area contributed by atoms with Crippen LogP contribution < -0.4 is 0 Å². The first kappa shape index (κ1) is 16.8. The Morgan fingerprint density at radius 2 is 1.78 bits per heavy atom. The number of aromatic nitrogens is 1. The summed E-state index contributed by atoms with van der Waals surface area (Å²) in [5.41, 5.74) is 2.39. The maximum atomic E-state index is 11.7. The normalized spacial score (nSPS) is 12.7. The number of rotatable bonds is 5. The molecule has 0 aliphatic carbocycles. The van der Waals surface area contributed by atoms with E-state index in [9.17, 15) is 15.0 Å². The minimum Gasteiger partial charge on any atom is -0.507 e. The number of carboxylic acids is 1. The summed E-state index contributed by atoms with van der Waals surface area (Å²) >= 11 is 0. The minimum absolute atomic E-state index is 0.0775. The molecule has 3 N–H and O–H groups in total. The zero-order valence-electron chi connectivity index (χ0n) is 14.5. The van der Waals surface area contributed by atoms with Gasteiger partial charge >= 0.3 is 5.97 Å². The summed E-state index contributed by atoms with van der Waals surface area (Å²) in [6.07, 6.45) is 3.55. The van der Waals surface area contributed by atoms with E-state index < -0.39 is 12.0 Å². The summed E-state index contributed by atoms with van der Waals surface area (Å²) in [7, 11) is 0. The molecule has 4 rings (SSSR count). The average molecular weight is 358 g/mol. The second-order valence-electron chi connectivity index (χ2n) is 6.42. The smallest absolute Gasteiger partial charge is 0.328 e. The van der Waals surface area contributed by atoms with Crippen LogP contribution in [0.1, 0.15) is 11.1 Å². The van der Waals surface area contributed by atoms with Crippen molar-refractivity contribution < 1.29 is 15.0 Å². The van der Waals surface area contributed by atoms with Gasteiger partial charge in [0, 0.05) is 35.3 Å². The largest absolute Gasteiger partial charge is 0.507 e. The molecule has 0 spiro atoms. The van der Waals surface area contributed by atoms with E-state index in [-0.39, 0.29) is 12.2 Å². The molecule has 5 nitrogen and oxygen atoms in total. The van der Waals surface area contributed by atoms with Crippen molar-refractivity contribution in [3.8, 4) is 5.75 Å². The van der Waals surface area contributed by atoms with Gasteiger partial charge in [-0.15, -0.1) is 0 Å². The zero-order valence-corrected chi connectivity index (χ0v) is 14.5. The molecule has 0 bridgehead atoms. The maximum absolute atomic E-state index is 11.7. The quantitative estimate of drug-likeness (QED) is 0.469. The maximum Gasteiger partial charge on any atom is 0.328 e. The Labute approximate surface area is 155 Å². The number of phenolic OH excluding ortho intramolecular Hbond substituents is 1. The van der Waals surface area contributed by atoms with Gasteiger partial charge in [0.15, 0.2) is 6.04 Å². The molecule has 0 aliphatic rings. The van der Waals surface area contributed by atoms with Gasteiger partial charge in [0.25, 0.3) is 0 Å². The number of phenols is 1. The lowest BCUT2D eigenvalue weighted by Gasteiger charge is -2.08. The summed E-state index contributed by atoms with van der Waals surface area (Å²) in [5, 5.41) is 22.6. The van der Waals surface area contributed by atoms with Gasteiger partial charge in [-0.3, -0.25) is 4.99 Å². The fourth-order valence-electron chi connectivity index (χ4n) is 3.30. The summed E-state index contributed by atoms with van der Waals surface area (Å²) in [6.45, 7) is 0. The second kappa shape index (κ2) is 6.96. The average Bonchev–Trinajstić information content (AvgIpc) is 3.09. The number of hydrogen-bond acceptors (Lipinski definition) is 3. The van der Waals surface area contributed by atoms with Gasteiger partial charge in [-0.25, -0.2) is 4.79 Å². The molecule has 0 fully saturated rings. The van der Waals surface area contributed by atoms with Gasteiger partial charge < -0.3 is 15.2 Å². The number of aliphatic imine (C=N–C) groups is 1. The van der Waals surface area contributed by atoms with Crippen molar-refractivity contribution in [3.05, 3.63) is 78.0 Å². The molecule has 0 unspecified atom stereocenters. The van der Waals surface area contributed by atoms with E-state index >= 15 is 0 Å². The number of carbonyl (C=O) groups is 1. The van der Waals surface area contributed by atoms with Crippen LogP contribution >= 0.6 is 0 Å². The van der Waals surface area contributed by atoms with Gasteiger partial charge in [-0.1, -0.05) is 48.5 Å². The number of aromatic hydroxyl groups is 1. The first-order valence-corrected chi connectivity index (χ1v) is 8.65. The molecule has 4 aromatic rings. The fraction of sp³-hybridized carbons (Fsp3) is 0.0909. The minimum atomic E-state index is -1.00. The number of H-pyrrole nitrogens is 1. The van der Waals surface area contributed by atoms with E-state index in [4.69, 9.17) is 0 Å². The summed E-state index contributed by atoms with van der Waals surface area (Å²) in [6, 6.07) is 17.8. The van der Waals surface area contributed by atoms with E-state index in [1.54, 1.807) is 6.07 Å². The van der Waals surface area contributed by atoms with Crippen molar-refractivity contribution in [1.29, 1.82) is 0 Å². The van der Waals surface area contributed by atoms with E-state index in [1.165, 1.54) is 6.21 Å². The third kappa shape index (κ3) is 3.27. The lowest BCUT2D eigenvalue weighted by atomic mass is 10.0. The number of nitrogens with zero attached hydrogens (tertiary/aromatic N) is 1. The number of hydrogen-bond donors (Lipinski definition) is 3. The first-order chi connectivity index (χ1) is 13.1. The highest BCUT2D eigenvalue weighted by molar-refractivity contribution is 6.02. The number of benzene rings is 3. The Hall–Kier alpha value is -3.60. The van der Waals surface area contributed by atoms with Crippen molar-refractivity contribution in [2.24, 2.45) is 4.99 Å².